The molecule has 0 saturated heterocycles. The Morgan fingerprint density at radius 1 is 1.04 bits per heavy atom. The van der Waals surface area contributed by atoms with Crippen LogP contribution in [0.15, 0.2) is 53.4 Å². The van der Waals surface area contributed by atoms with Crippen LogP contribution in [0.25, 0.3) is 0 Å². The molecule has 26 heavy (non-hydrogen) atoms. The summed E-state index contributed by atoms with van der Waals surface area (Å²) in [6.07, 6.45) is 0. The van der Waals surface area contributed by atoms with Crippen LogP contribution in [0.4, 0.5) is 0 Å². The summed E-state index contributed by atoms with van der Waals surface area (Å²) in [6.45, 7) is 3.08. The smallest absolute Gasteiger partial charge is 0.251 e. The molecule has 0 bridgehead atoms. The first-order valence-corrected chi connectivity index (χ1v) is 9.49. The minimum atomic E-state index is -3.70. The molecule has 2 aromatic carbocycles. The second-order valence-corrected chi connectivity index (χ2v) is 7.41. The maximum Gasteiger partial charge on any atom is 0.251 e. The minimum absolute atomic E-state index is 0. The summed E-state index contributed by atoms with van der Waals surface area (Å²) in [5, 5.41) is 5.70. The fourth-order valence-corrected chi connectivity index (χ4v) is 3.31. The molecule has 2 rings (SSSR count). The van der Waals surface area contributed by atoms with Gasteiger partial charge in [-0.2, -0.15) is 0 Å². The van der Waals surface area contributed by atoms with Gasteiger partial charge in [-0.3, -0.25) is 4.79 Å². The number of sulfonamides is 1. The summed E-state index contributed by atoms with van der Waals surface area (Å²) < 4.78 is 27.6. The quantitative estimate of drug-likeness (QED) is 0.593. The van der Waals surface area contributed by atoms with Crippen molar-refractivity contribution in [2.45, 2.75) is 18.4 Å². The highest BCUT2D eigenvalue weighted by Gasteiger charge is 2.17. The topological polar surface area (TPSA) is 87.3 Å². The van der Waals surface area contributed by atoms with Crippen LogP contribution in [0.3, 0.4) is 0 Å². The molecular formula is C18H24ClN3O3S. The van der Waals surface area contributed by atoms with Crippen molar-refractivity contribution >= 4 is 28.3 Å². The molecule has 0 aliphatic heterocycles. The van der Waals surface area contributed by atoms with Gasteiger partial charge in [-0.15, -0.1) is 12.4 Å². The molecule has 3 N–H and O–H groups in total. The van der Waals surface area contributed by atoms with Gasteiger partial charge in [0.15, 0.2) is 0 Å². The first kappa shape index (κ1) is 22.1. The van der Waals surface area contributed by atoms with Crippen molar-refractivity contribution < 1.29 is 13.2 Å². The van der Waals surface area contributed by atoms with Crippen molar-refractivity contribution in [3.05, 3.63) is 65.2 Å². The van der Waals surface area contributed by atoms with Gasteiger partial charge in [0.05, 0.1) is 4.90 Å². The second-order valence-electron chi connectivity index (χ2n) is 5.65. The molecule has 6 nitrogen and oxygen atoms in total. The maximum absolute atomic E-state index is 12.5. The normalized spacial score (nSPS) is 10.8. The molecule has 0 fully saturated rings. The zero-order valence-corrected chi connectivity index (χ0v) is 16.4. The number of hydrogen-bond acceptors (Lipinski definition) is 4. The summed E-state index contributed by atoms with van der Waals surface area (Å²) in [6, 6.07) is 13.8. The molecule has 2 aromatic rings. The van der Waals surface area contributed by atoms with Crippen LogP contribution in [0, 0.1) is 6.92 Å². The predicted molar refractivity (Wildman–Crippen MR) is 105 cm³/mol. The molecule has 0 unspecified atom stereocenters. The third kappa shape index (κ3) is 6.10. The maximum atomic E-state index is 12.5. The highest BCUT2D eigenvalue weighted by molar-refractivity contribution is 7.89. The second kappa shape index (κ2) is 10.3. The number of likely N-dealkylation sites (N-methyl/N-ethyl adjacent to an activating group) is 1. The fraction of sp³-hybridized carbons (Fsp3) is 0.278. The summed E-state index contributed by atoms with van der Waals surface area (Å²) in [7, 11) is -1.90. The van der Waals surface area contributed by atoms with Gasteiger partial charge in [0.25, 0.3) is 5.91 Å². The van der Waals surface area contributed by atoms with E-state index in [0.717, 1.165) is 11.1 Å². The fourth-order valence-electron chi connectivity index (χ4n) is 2.27. The van der Waals surface area contributed by atoms with Crippen LogP contribution in [0.5, 0.6) is 0 Å². The van der Waals surface area contributed by atoms with Gasteiger partial charge in [0, 0.05) is 25.2 Å². The van der Waals surface area contributed by atoms with Gasteiger partial charge < -0.3 is 10.6 Å². The zero-order chi connectivity index (χ0) is 18.3. The minimum Gasteiger partial charge on any atom is -0.351 e. The molecule has 0 radical (unpaired) electrons. The SMILES string of the molecule is CNCCNC(=O)c1cc(S(=O)(=O)NCc2ccccc2)ccc1C.Cl. The number of halogens is 1. The lowest BCUT2D eigenvalue weighted by Gasteiger charge is -2.11. The van der Waals surface area contributed by atoms with Crippen molar-refractivity contribution in [1.29, 1.82) is 0 Å². The van der Waals surface area contributed by atoms with Crippen LogP contribution >= 0.6 is 12.4 Å². The van der Waals surface area contributed by atoms with Gasteiger partial charge in [-0.25, -0.2) is 13.1 Å². The molecular weight excluding hydrogens is 374 g/mol. The highest BCUT2D eigenvalue weighted by Crippen LogP contribution is 2.16. The molecule has 0 spiro atoms. The van der Waals surface area contributed by atoms with Crippen LogP contribution in [0.2, 0.25) is 0 Å². The first-order chi connectivity index (χ1) is 11.9. The molecule has 0 aliphatic carbocycles. The number of benzene rings is 2. The van der Waals surface area contributed by atoms with Crippen LogP contribution in [-0.2, 0) is 16.6 Å². The Bertz CT molecular complexity index is 827. The van der Waals surface area contributed by atoms with E-state index in [1.165, 1.54) is 12.1 Å². The molecule has 8 heteroatoms. The predicted octanol–water partition coefficient (Wildman–Crippen LogP) is 1.84. The average Bonchev–Trinajstić information content (AvgIpc) is 2.61. The van der Waals surface area contributed by atoms with E-state index in [2.05, 4.69) is 15.4 Å². The van der Waals surface area contributed by atoms with Crippen molar-refractivity contribution in [1.82, 2.24) is 15.4 Å². The molecule has 142 valence electrons. The molecule has 0 aliphatic rings. The Morgan fingerprint density at radius 2 is 1.73 bits per heavy atom. The highest BCUT2D eigenvalue weighted by atomic mass is 35.5. The molecule has 1 amide bonds. The summed E-state index contributed by atoms with van der Waals surface area (Å²) >= 11 is 0. The summed E-state index contributed by atoms with van der Waals surface area (Å²) in [5.74, 6) is -0.284. The lowest BCUT2D eigenvalue weighted by atomic mass is 10.1. The molecule has 0 atom stereocenters. The molecule has 0 aromatic heterocycles. The Hall–Kier alpha value is -1.93. The van der Waals surface area contributed by atoms with Gasteiger partial charge in [0.2, 0.25) is 10.0 Å². The standard InChI is InChI=1S/C18H23N3O3S.ClH/c1-14-8-9-16(12-17(14)18(22)20-11-10-19-2)25(23,24)21-13-15-6-4-3-5-7-15;/h3-9,12,19,21H,10-11,13H2,1-2H3,(H,20,22);1H. The third-order valence-electron chi connectivity index (χ3n) is 3.73. The zero-order valence-electron chi connectivity index (χ0n) is 14.8. The summed E-state index contributed by atoms with van der Waals surface area (Å²) in [5.41, 5.74) is 1.95. The van der Waals surface area contributed by atoms with Gasteiger partial charge in [0.1, 0.15) is 0 Å². The van der Waals surface area contributed by atoms with E-state index < -0.39 is 10.0 Å². The number of hydrogen-bond donors (Lipinski definition) is 3. The van der Waals surface area contributed by atoms with Crippen LogP contribution in [0.1, 0.15) is 21.5 Å². The van der Waals surface area contributed by atoms with Gasteiger partial charge >= 0.3 is 0 Å². The summed E-state index contributed by atoms with van der Waals surface area (Å²) in [4.78, 5) is 12.3. The monoisotopic (exact) mass is 397 g/mol. The van der Waals surface area contributed by atoms with E-state index in [-0.39, 0.29) is 29.8 Å². The van der Waals surface area contributed by atoms with Crippen molar-refractivity contribution in [3.63, 3.8) is 0 Å². The Balaban J connectivity index is 0.00000338. The lowest BCUT2D eigenvalue weighted by molar-refractivity contribution is 0.0953. The number of carbonyl (C=O) groups is 1. The van der Waals surface area contributed by atoms with Gasteiger partial charge in [-0.1, -0.05) is 36.4 Å². The number of carbonyl (C=O) groups excluding carboxylic acids is 1. The van der Waals surface area contributed by atoms with Crippen LogP contribution in [-0.4, -0.2) is 34.5 Å². The van der Waals surface area contributed by atoms with Gasteiger partial charge in [-0.05, 0) is 37.2 Å². The van der Waals surface area contributed by atoms with Crippen molar-refractivity contribution in [3.8, 4) is 0 Å². The Morgan fingerprint density at radius 3 is 2.38 bits per heavy atom. The first-order valence-electron chi connectivity index (χ1n) is 8.01. The van der Waals surface area contributed by atoms with E-state index in [9.17, 15) is 13.2 Å². The van der Waals surface area contributed by atoms with E-state index >= 15 is 0 Å². The Kier molecular flexibility index (Phi) is 8.74. The van der Waals surface area contributed by atoms with Crippen LogP contribution < -0.4 is 15.4 Å². The molecule has 0 saturated carbocycles. The van der Waals surface area contributed by atoms with E-state index in [0.29, 0.717) is 18.7 Å². The number of amides is 1. The number of aryl methyl sites for hydroxylation is 1. The molecule has 0 heterocycles. The van der Waals surface area contributed by atoms with E-state index in [4.69, 9.17) is 0 Å². The third-order valence-corrected chi connectivity index (χ3v) is 5.13. The number of rotatable bonds is 8. The van der Waals surface area contributed by atoms with Crippen molar-refractivity contribution in [2.24, 2.45) is 0 Å². The van der Waals surface area contributed by atoms with E-state index in [1.54, 1.807) is 20.0 Å². The van der Waals surface area contributed by atoms with E-state index in [1.807, 2.05) is 30.3 Å². The largest absolute Gasteiger partial charge is 0.351 e. The van der Waals surface area contributed by atoms with Crippen molar-refractivity contribution in [2.75, 3.05) is 20.1 Å². The Labute approximate surface area is 160 Å². The average molecular weight is 398 g/mol. The number of nitrogens with one attached hydrogen (secondary N) is 3. The lowest BCUT2D eigenvalue weighted by Crippen LogP contribution is -2.31.